The molecule has 7 heterocycles. The predicted molar refractivity (Wildman–Crippen MR) is 360 cm³/mol. The number of aliphatic hydroxyl groups excluding tert-OH is 6. The van der Waals surface area contributed by atoms with Gasteiger partial charge in [0.15, 0.2) is 29.9 Å². The molecule has 11 bridgehead atoms. The Bertz CT molecular complexity index is 4080. The van der Waals surface area contributed by atoms with Crippen molar-refractivity contribution in [3.63, 3.8) is 0 Å². The number of likely N-dealkylation sites (N-methyl/N-ethyl adjacent to an activating group) is 1. The summed E-state index contributed by atoms with van der Waals surface area (Å²) in [5, 5.41) is 131. The SMILES string of the molecule is CNC(CC(C)C)C(=O)NC1C(=O)NC(CC(N)=O)C(=O)NC2C(=O)NC3C(=O)NC(C(=O)NC(C(=O)O)c4cc(O)cc(O)c4-c4cc3ccc4O)C(O)c3ccc(c(Cl)c3)Oc3cc2cc(c3OC2OC(CO)C(O)C(O)C2OC2CC(C)(N)C(O)C(C)O2)Oc2ccc(cc2Cl)C1O.Cl.O. The van der Waals surface area contributed by atoms with Gasteiger partial charge in [-0.25, -0.2) is 4.79 Å². The van der Waals surface area contributed by atoms with Crippen LogP contribution < -0.4 is 62.9 Å². The largest absolute Gasteiger partial charge is 0.508 e. The van der Waals surface area contributed by atoms with Crippen molar-refractivity contribution < 1.29 is 123 Å². The van der Waals surface area contributed by atoms with E-state index in [4.69, 9.17) is 63.1 Å². The molecule has 5 aromatic rings. The van der Waals surface area contributed by atoms with Crippen molar-refractivity contribution in [2.24, 2.45) is 17.4 Å². The van der Waals surface area contributed by atoms with E-state index in [9.17, 15) is 75.0 Å². The number of amides is 7. The van der Waals surface area contributed by atoms with Crippen LogP contribution in [0.15, 0.2) is 78.9 Å². The lowest BCUT2D eigenvalue weighted by atomic mass is 9.86. The molecule has 12 rings (SSSR count). The van der Waals surface area contributed by atoms with Crippen molar-refractivity contribution in [1.82, 2.24) is 37.2 Å². The Kier molecular flexibility index (Phi) is 25.1. The molecule has 0 aromatic heterocycles. The number of ether oxygens (including phenoxy) is 6. The van der Waals surface area contributed by atoms with Crippen LogP contribution >= 0.6 is 35.6 Å². The Balaban J connectivity index is 0.00000672. The second-order valence-corrected chi connectivity index (χ2v) is 26.5. The minimum atomic E-state index is -2.35. The summed E-state index contributed by atoms with van der Waals surface area (Å²) in [5.74, 6) is -16.0. The van der Waals surface area contributed by atoms with Gasteiger partial charge in [-0.3, -0.25) is 33.6 Å². The number of carbonyl (C=O) groups is 8. The second-order valence-electron chi connectivity index (χ2n) is 25.7. The van der Waals surface area contributed by atoms with E-state index >= 15 is 14.4 Å². The molecule has 0 radical (unpaired) electrons. The topological polar surface area (TPSA) is 562 Å². The number of aliphatic carboxylic acids is 1. The number of carboxylic acids is 1. The van der Waals surface area contributed by atoms with Crippen LogP contribution in [0.5, 0.6) is 46.0 Å². The molecule has 0 saturated carbocycles. The van der Waals surface area contributed by atoms with Gasteiger partial charge >= 0.3 is 5.97 Å². The number of phenolic OH excluding ortho intramolecular Hbond substituents is 3. The maximum atomic E-state index is 16.0. The molecule has 18 unspecified atom stereocenters. The molecule has 2 saturated heterocycles. The van der Waals surface area contributed by atoms with Crippen molar-refractivity contribution >= 4 is 82.9 Å². The molecule has 34 nitrogen and oxygen atoms in total. The van der Waals surface area contributed by atoms with E-state index < -0.39 is 237 Å². The lowest BCUT2D eigenvalue weighted by Crippen LogP contribution is -2.64. The van der Waals surface area contributed by atoms with E-state index in [0.29, 0.717) is 0 Å². The number of phenols is 3. The first kappa shape index (κ1) is 79.7. The average Bonchev–Trinajstić information content (AvgIpc) is 0.773. The number of primary amides is 1. The highest BCUT2D eigenvalue weighted by atomic mass is 35.5. The summed E-state index contributed by atoms with van der Waals surface area (Å²) < 4.78 is 38.3. The fraction of sp³-hybridized carbons (Fsp3) is 0.424. The Morgan fingerprint density at radius 3 is 1.88 bits per heavy atom. The molecule has 558 valence electrons. The van der Waals surface area contributed by atoms with Crippen LogP contribution in [0, 0.1) is 5.92 Å². The molecule has 0 spiro atoms. The summed E-state index contributed by atoms with van der Waals surface area (Å²) in [7, 11) is 1.47. The van der Waals surface area contributed by atoms with Crippen LogP contribution in [0.2, 0.25) is 10.0 Å². The number of halogens is 3. The zero-order valence-electron chi connectivity index (χ0n) is 55.2. The molecule has 103 heavy (non-hydrogen) atoms. The Morgan fingerprint density at radius 1 is 0.718 bits per heavy atom. The Morgan fingerprint density at radius 2 is 1.31 bits per heavy atom. The summed E-state index contributed by atoms with van der Waals surface area (Å²) in [6, 6.07) is -0.679. The smallest absolute Gasteiger partial charge is 0.330 e. The molecule has 0 aliphatic carbocycles. The van der Waals surface area contributed by atoms with Crippen LogP contribution in [-0.2, 0) is 52.6 Å². The highest BCUT2D eigenvalue weighted by Crippen LogP contribution is 2.50. The first-order valence-electron chi connectivity index (χ1n) is 31.6. The van der Waals surface area contributed by atoms with Crippen molar-refractivity contribution in [3.05, 3.63) is 117 Å². The standard InChI is InChI=1S/C66H75Cl2N9O24.ClH.H2O/c1-23(2)12-34(71-5)58(88)76-49-51(83)26-7-10-38(32(67)14-26)97-40-16-28-17-41(55(40)101-65-56(54(86)53(85)42(22-78)99-65)100-44-21-66(4,70)57(87)24(3)96-44)98-39-11-8-27(15-33(39)68)52(84)50-63(93)75-48(64(94)95)31-18-29(79)19-37(81)45(31)30-13-25(6-9-36(30)80)46(60(90)77-50)74-61(91)47(28)73-59(89)35(20-43(69)82)72-62(49)92;;/h6-11,13-19,23-24,34-35,42,44,46-54,56-57,65,71,78-81,83-87H,12,20-22,70H2,1-5H3,(H2,69,82)(H,72,92)(H,73,89)(H,74,91)(H,75,93)(H,76,88)(H,77,90)(H,94,95);1H;1H2. The Labute approximate surface area is 601 Å². The van der Waals surface area contributed by atoms with Gasteiger partial charge in [0.2, 0.25) is 53.4 Å². The number of hydrogen-bond donors (Lipinski definition) is 19. The zero-order valence-corrected chi connectivity index (χ0v) is 57.6. The summed E-state index contributed by atoms with van der Waals surface area (Å²) in [6.45, 7) is 5.66. The number of carbonyl (C=O) groups excluding carboxylic acids is 7. The van der Waals surface area contributed by atoms with Crippen molar-refractivity contribution in [1.29, 1.82) is 0 Å². The predicted octanol–water partition coefficient (Wildman–Crippen LogP) is -0.297. The van der Waals surface area contributed by atoms with Gasteiger partial charge in [-0.15, -0.1) is 12.4 Å². The summed E-state index contributed by atoms with van der Waals surface area (Å²) in [4.78, 5) is 117. The fourth-order valence-corrected chi connectivity index (χ4v) is 12.9. The van der Waals surface area contributed by atoms with Crippen LogP contribution in [-0.4, -0.2) is 196 Å². The van der Waals surface area contributed by atoms with E-state index in [-0.39, 0.29) is 64.1 Å². The number of carboxylic acid groups (broad SMARTS) is 1. The molecule has 7 aliphatic rings. The van der Waals surface area contributed by atoms with Crippen LogP contribution in [0.1, 0.15) is 105 Å². The van der Waals surface area contributed by atoms with Gasteiger partial charge < -0.3 is 134 Å². The van der Waals surface area contributed by atoms with Gasteiger partial charge in [0.1, 0.15) is 89.5 Å². The van der Waals surface area contributed by atoms with Gasteiger partial charge in [-0.05, 0) is 110 Å². The maximum absolute atomic E-state index is 16.0. The zero-order chi connectivity index (χ0) is 73.5. The number of hydrogen-bond acceptors (Lipinski definition) is 25. The molecule has 2 fully saturated rings. The number of aliphatic hydroxyl groups is 6. The maximum Gasteiger partial charge on any atom is 0.330 e. The van der Waals surface area contributed by atoms with E-state index in [1.165, 1.54) is 33.0 Å². The first-order chi connectivity index (χ1) is 47.7. The van der Waals surface area contributed by atoms with E-state index in [1.54, 1.807) is 0 Å². The minimum absolute atomic E-state index is 0. The fourth-order valence-electron chi connectivity index (χ4n) is 12.5. The van der Waals surface area contributed by atoms with Gasteiger partial charge in [0.05, 0.1) is 41.3 Å². The summed E-state index contributed by atoms with van der Waals surface area (Å²) >= 11 is 14.1. The third kappa shape index (κ3) is 17.0. The average molecular weight is 1500 g/mol. The molecule has 18 atom stereocenters. The molecular weight excluding hydrogens is 1430 g/mol. The van der Waals surface area contributed by atoms with Gasteiger partial charge in [0, 0.05) is 34.7 Å². The minimum Gasteiger partial charge on any atom is -0.508 e. The van der Waals surface area contributed by atoms with Crippen molar-refractivity contribution in [3.8, 4) is 57.1 Å². The van der Waals surface area contributed by atoms with Crippen LogP contribution in [0.25, 0.3) is 11.1 Å². The number of nitrogens with one attached hydrogen (secondary N) is 7. The molecule has 7 amide bonds. The van der Waals surface area contributed by atoms with E-state index in [1.807, 2.05) is 13.8 Å². The summed E-state index contributed by atoms with van der Waals surface area (Å²) in [6.07, 6.45) is -18.6. The Hall–Kier alpha value is -8.95. The quantitative estimate of drug-likeness (QED) is 0.0720. The third-order valence-corrected chi connectivity index (χ3v) is 18.4. The number of rotatable bonds is 13. The number of aromatic hydroxyl groups is 3. The molecular formula is C66H78Cl3N9O25. The van der Waals surface area contributed by atoms with Gasteiger partial charge in [-0.2, -0.15) is 0 Å². The van der Waals surface area contributed by atoms with E-state index in [0.717, 1.165) is 66.7 Å². The lowest BCUT2D eigenvalue weighted by Gasteiger charge is -2.47. The molecule has 37 heteroatoms. The van der Waals surface area contributed by atoms with E-state index in [2.05, 4.69) is 37.2 Å². The number of benzene rings is 5. The number of fused-ring (bicyclic) bond motifs is 15. The monoisotopic (exact) mass is 1500 g/mol. The van der Waals surface area contributed by atoms with Crippen LogP contribution in [0.3, 0.4) is 0 Å². The highest BCUT2D eigenvalue weighted by molar-refractivity contribution is 6.32. The molecule has 23 N–H and O–H groups in total. The number of nitrogens with two attached hydrogens (primary N) is 2. The summed E-state index contributed by atoms with van der Waals surface area (Å²) in [5.41, 5.74) is 8.00. The van der Waals surface area contributed by atoms with Gasteiger partial charge in [0.25, 0.3) is 0 Å². The highest BCUT2D eigenvalue weighted by Gasteiger charge is 2.51. The first-order valence-corrected chi connectivity index (χ1v) is 32.4. The van der Waals surface area contributed by atoms with Crippen molar-refractivity contribution in [2.45, 2.75) is 156 Å². The second kappa shape index (κ2) is 32.4. The van der Waals surface area contributed by atoms with Crippen molar-refractivity contribution in [2.75, 3.05) is 13.7 Å². The molecule has 7 aliphatic heterocycles. The molecule has 5 aromatic carbocycles. The lowest BCUT2D eigenvalue weighted by molar-refractivity contribution is -0.333. The van der Waals surface area contributed by atoms with Gasteiger partial charge in [-0.1, -0.05) is 55.2 Å². The van der Waals surface area contributed by atoms with Crippen LogP contribution in [0.4, 0.5) is 0 Å². The third-order valence-electron chi connectivity index (χ3n) is 17.8. The normalized spacial score (nSPS) is 28.9.